The van der Waals surface area contributed by atoms with E-state index in [0.29, 0.717) is 4.77 Å². The van der Waals surface area contributed by atoms with E-state index >= 15 is 0 Å². The van der Waals surface area contributed by atoms with Crippen molar-refractivity contribution in [2.24, 2.45) is 0 Å². The molecule has 6 heteroatoms. The topological polar surface area (TPSA) is 59.4 Å². The summed E-state index contributed by atoms with van der Waals surface area (Å²) in [6, 6.07) is 7.70. The molecule has 0 aromatic carbocycles. The van der Waals surface area contributed by atoms with Crippen LogP contribution in [0.2, 0.25) is 0 Å². The molecule has 3 heterocycles. The zero-order valence-corrected chi connectivity index (χ0v) is 11.1. The number of aryl methyl sites for hydroxylation is 1. The molecule has 1 N–H and O–H groups in total. The first-order chi connectivity index (χ1) is 9.25. The van der Waals surface area contributed by atoms with Crippen LogP contribution in [-0.2, 0) is 0 Å². The molecular formula is C13H11N5S. The fourth-order valence-corrected chi connectivity index (χ4v) is 2.06. The smallest absolute Gasteiger partial charge is 0.200 e. The van der Waals surface area contributed by atoms with Crippen molar-refractivity contribution >= 4 is 12.2 Å². The molecule has 0 atom stereocenters. The minimum Gasteiger partial charge on any atom is -0.267 e. The van der Waals surface area contributed by atoms with Crippen molar-refractivity contribution in [2.75, 3.05) is 0 Å². The van der Waals surface area contributed by atoms with Gasteiger partial charge < -0.3 is 0 Å². The molecule has 0 saturated carbocycles. The first-order valence-electron chi connectivity index (χ1n) is 5.76. The molecule has 0 fully saturated rings. The minimum absolute atomic E-state index is 0.539. The van der Waals surface area contributed by atoms with Gasteiger partial charge in [0.1, 0.15) is 0 Å². The number of hydrogen-bond donors (Lipinski definition) is 1. The van der Waals surface area contributed by atoms with Crippen LogP contribution < -0.4 is 0 Å². The lowest BCUT2D eigenvalue weighted by molar-refractivity contribution is 1.01. The molecule has 19 heavy (non-hydrogen) atoms. The molecule has 0 aliphatic carbocycles. The Kier molecular flexibility index (Phi) is 2.92. The third-order valence-corrected chi connectivity index (χ3v) is 3.04. The van der Waals surface area contributed by atoms with Crippen LogP contribution in [0.25, 0.3) is 17.1 Å². The van der Waals surface area contributed by atoms with E-state index < -0.39 is 0 Å². The zero-order valence-electron chi connectivity index (χ0n) is 10.2. The normalized spacial score (nSPS) is 10.6. The third-order valence-electron chi connectivity index (χ3n) is 2.76. The van der Waals surface area contributed by atoms with Gasteiger partial charge in [-0.25, -0.2) is 0 Å². The van der Waals surface area contributed by atoms with Gasteiger partial charge in [-0.05, 0) is 43.4 Å². The van der Waals surface area contributed by atoms with Crippen LogP contribution in [0.4, 0.5) is 0 Å². The highest BCUT2D eigenvalue weighted by Gasteiger charge is 2.10. The van der Waals surface area contributed by atoms with Crippen molar-refractivity contribution in [1.29, 1.82) is 0 Å². The van der Waals surface area contributed by atoms with Crippen molar-refractivity contribution in [3.05, 3.63) is 53.3 Å². The molecule has 3 aromatic heterocycles. The minimum atomic E-state index is 0.539. The summed E-state index contributed by atoms with van der Waals surface area (Å²) in [6.07, 6.45) is 5.24. The number of pyridine rings is 2. The van der Waals surface area contributed by atoms with E-state index in [9.17, 15) is 0 Å². The number of H-pyrrole nitrogens is 1. The van der Waals surface area contributed by atoms with Crippen molar-refractivity contribution in [2.45, 2.75) is 6.92 Å². The summed E-state index contributed by atoms with van der Waals surface area (Å²) >= 11 is 5.29. The maximum atomic E-state index is 5.29. The third kappa shape index (κ3) is 2.17. The number of aromatic nitrogens is 5. The predicted octanol–water partition coefficient (Wildman–Crippen LogP) is 2.70. The van der Waals surface area contributed by atoms with Crippen LogP contribution in [0.1, 0.15) is 5.69 Å². The lowest BCUT2D eigenvalue weighted by Gasteiger charge is -2.06. The average Bonchev–Trinajstić information content (AvgIpc) is 2.83. The van der Waals surface area contributed by atoms with Gasteiger partial charge in [0, 0.05) is 23.7 Å². The summed E-state index contributed by atoms with van der Waals surface area (Å²) in [5.74, 6) is 0.748. The first kappa shape index (κ1) is 11.7. The lowest BCUT2D eigenvalue weighted by Crippen LogP contribution is -1.98. The van der Waals surface area contributed by atoms with Gasteiger partial charge in [0.15, 0.2) is 10.6 Å². The second-order valence-corrected chi connectivity index (χ2v) is 4.47. The maximum Gasteiger partial charge on any atom is 0.200 e. The van der Waals surface area contributed by atoms with Crippen LogP contribution in [0, 0.1) is 11.7 Å². The monoisotopic (exact) mass is 269 g/mol. The molecule has 0 saturated heterocycles. The fraction of sp³-hybridized carbons (Fsp3) is 0.0769. The van der Waals surface area contributed by atoms with Gasteiger partial charge in [-0.15, -0.1) is 0 Å². The van der Waals surface area contributed by atoms with Gasteiger partial charge in [0.25, 0.3) is 0 Å². The molecule has 0 unspecified atom stereocenters. The summed E-state index contributed by atoms with van der Waals surface area (Å²) in [5, 5.41) is 7.09. The van der Waals surface area contributed by atoms with Crippen LogP contribution in [0.3, 0.4) is 0 Å². The van der Waals surface area contributed by atoms with Gasteiger partial charge in [-0.2, -0.15) is 5.10 Å². The quantitative estimate of drug-likeness (QED) is 0.727. The van der Waals surface area contributed by atoms with Crippen LogP contribution >= 0.6 is 12.2 Å². The Morgan fingerprint density at radius 1 is 1.16 bits per heavy atom. The number of nitrogens with one attached hydrogen (secondary N) is 1. The SMILES string of the molecule is Cc1ccc(-n2c(-c3ccncc3)n[nH]c2=S)cn1. The molecule has 5 nitrogen and oxygen atoms in total. The number of nitrogens with zero attached hydrogens (tertiary/aromatic N) is 4. The van der Waals surface area contributed by atoms with E-state index in [1.807, 2.05) is 35.8 Å². The van der Waals surface area contributed by atoms with Crippen LogP contribution in [0.5, 0.6) is 0 Å². The molecule has 0 radical (unpaired) electrons. The van der Waals surface area contributed by atoms with Gasteiger partial charge >= 0.3 is 0 Å². The van der Waals surface area contributed by atoms with Crippen LogP contribution in [-0.4, -0.2) is 24.7 Å². The highest BCUT2D eigenvalue weighted by molar-refractivity contribution is 7.71. The van der Waals surface area contributed by atoms with E-state index in [2.05, 4.69) is 20.2 Å². The van der Waals surface area contributed by atoms with Crippen molar-refractivity contribution in [1.82, 2.24) is 24.7 Å². The Hall–Kier alpha value is -2.34. The molecule has 0 spiro atoms. The summed E-state index contributed by atoms with van der Waals surface area (Å²) < 4.78 is 2.40. The second-order valence-electron chi connectivity index (χ2n) is 4.08. The van der Waals surface area contributed by atoms with Gasteiger partial charge in [0.05, 0.1) is 11.9 Å². The zero-order chi connectivity index (χ0) is 13.2. The van der Waals surface area contributed by atoms with E-state index in [0.717, 1.165) is 22.8 Å². The molecule has 0 aliphatic heterocycles. The lowest BCUT2D eigenvalue weighted by atomic mass is 10.2. The number of aromatic amines is 1. The molecule has 3 rings (SSSR count). The Balaban J connectivity index is 2.19. The molecule has 0 aliphatic rings. The van der Waals surface area contributed by atoms with E-state index in [1.54, 1.807) is 18.6 Å². The number of rotatable bonds is 2. The molecular weight excluding hydrogens is 258 g/mol. The predicted molar refractivity (Wildman–Crippen MR) is 74.5 cm³/mol. The average molecular weight is 269 g/mol. The van der Waals surface area contributed by atoms with E-state index in [4.69, 9.17) is 12.2 Å². The van der Waals surface area contributed by atoms with Crippen molar-refractivity contribution < 1.29 is 0 Å². The summed E-state index contributed by atoms with van der Waals surface area (Å²) in [5.41, 5.74) is 2.79. The number of hydrogen-bond acceptors (Lipinski definition) is 4. The summed E-state index contributed by atoms with van der Waals surface area (Å²) in [6.45, 7) is 1.95. The Morgan fingerprint density at radius 2 is 1.95 bits per heavy atom. The van der Waals surface area contributed by atoms with Gasteiger partial charge in [-0.3, -0.25) is 19.6 Å². The van der Waals surface area contributed by atoms with Crippen LogP contribution in [0.15, 0.2) is 42.9 Å². The highest BCUT2D eigenvalue weighted by Crippen LogP contribution is 2.20. The summed E-state index contributed by atoms with van der Waals surface area (Å²) in [7, 11) is 0. The Bertz CT molecular complexity index is 743. The molecule has 0 bridgehead atoms. The van der Waals surface area contributed by atoms with E-state index in [-0.39, 0.29) is 0 Å². The van der Waals surface area contributed by atoms with Crippen molar-refractivity contribution in [3.63, 3.8) is 0 Å². The van der Waals surface area contributed by atoms with Gasteiger partial charge in [-0.1, -0.05) is 0 Å². The Morgan fingerprint density at radius 3 is 2.63 bits per heavy atom. The largest absolute Gasteiger partial charge is 0.267 e. The fourth-order valence-electron chi connectivity index (χ4n) is 1.82. The Labute approximate surface area is 115 Å². The molecule has 0 amide bonds. The van der Waals surface area contributed by atoms with E-state index in [1.165, 1.54) is 0 Å². The highest BCUT2D eigenvalue weighted by atomic mass is 32.1. The maximum absolute atomic E-state index is 5.29. The first-order valence-corrected chi connectivity index (χ1v) is 6.17. The molecule has 3 aromatic rings. The standard InChI is InChI=1S/C13H11N5S/c1-9-2-3-11(8-15-9)18-12(16-17-13(18)19)10-4-6-14-7-5-10/h2-8H,1H3,(H,17,19). The summed E-state index contributed by atoms with van der Waals surface area (Å²) in [4.78, 5) is 8.30. The second kappa shape index (κ2) is 4.74. The van der Waals surface area contributed by atoms with Gasteiger partial charge in [0.2, 0.25) is 0 Å². The van der Waals surface area contributed by atoms with Crippen molar-refractivity contribution in [3.8, 4) is 17.1 Å². The molecule has 94 valence electrons.